The minimum absolute atomic E-state index is 0.121. The fourth-order valence-corrected chi connectivity index (χ4v) is 4.02. The second-order valence-corrected chi connectivity index (χ2v) is 8.06. The standard InChI is InChI=1S/C23H23F3N4O3/c1-30-12-11-15(13-18(30)20-28-16-9-5-6-10-17(16)29-20)27-21(31)19(14-7-3-2-4-8-14)33-22(32)23(24,25)26/h2-10,15,18-19H,11-13H2,1H3,(H,27,31)(H,28,29)/t15-,18-,19?/m1/s1. The molecule has 1 unspecified atom stereocenters. The van der Waals surface area contributed by atoms with E-state index in [1.165, 1.54) is 12.1 Å². The molecule has 0 saturated carbocycles. The van der Waals surface area contributed by atoms with E-state index in [2.05, 4.69) is 24.9 Å². The molecule has 1 aromatic heterocycles. The Morgan fingerprint density at radius 2 is 1.85 bits per heavy atom. The normalized spacial score (nSPS) is 20.4. The predicted molar refractivity (Wildman–Crippen MR) is 114 cm³/mol. The summed E-state index contributed by atoms with van der Waals surface area (Å²) in [6, 6.07) is 14.8. The number of imidazole rings is 1. The van der Waals surface area contributed by atoms with Crippen LogP contribution in [0.2, 0.25) is 0 Å². The number of nitrogens with one attached hydrogen (secondary N) is 2. The highest BCUT2D eigenvalue weighted by Crippen LogP contribution is 2.30. The van der Waals surface area contributed by atoms with E-state index in [-0.39, 0.29) is 17.6 Å². The van der Waals surface area contributed by atoms with Crippen molar-refractivity contribution in [3.05, 3.63) is 66.0 Å². The molecule has 10 heteroatoms. The summed E-state index contributed by atoms with van der Waals surface area (Å²) in [5.74, 6) is -2.45. The molecule has 1 saturated heterocycles. The number of aromatic amines is 1. The van der Waals surface area contributed by atoms with Gasteiger partial charge in [0.15, 0.2) is 0 Å². The minimum Gasteiger partial charge on any atom is -0.441 e. The molecule has 0 aliphatic carbocycles. The number of esters is 1. The summed E-state index contributed by atoms with van der Waals surface area (Å²) in [7, 11) is 1.95. The van der Waals surface area contributed by atoms with Crippen LogP contribution in [0.5, 0.6) is 0 Å². The number of para-hydroxylation sites is 2. The third-order valence-electron chi connectivity index (χ3n) is 5.74. The highest BCUT2D eigenvalue weighted by Gasteiger charge is 2.44. The van der Waals surface area contributed by atoms with Crippen LogP contribution in [-0.2, 0) is 14.3 Å². The minimum atomic E-state index is -5.20. The number of nitrogens with zero attached hydrogens (tertiary/aromatic N) is 2. The Labute approximate surface area is 187 Å². The lowest BCUT2D eigenvalue weighted by atomic mass is 9.96. The zero-order valence-corrected chi connectivity index (χ0v) is 17.8. The van der Waals surface area contributed by atoms with Gasteiger partial charge in [-0.15, -0.1) is 0 Å². The van der Waals surface area contributed by atoms with Gasteiger partial charge in [-0.1, -0.05) is 42.5 Å². The Morgan fingerprint density at radius 1 is 1.15 bits per heavy atom. The summed E-state index contributed by atoms with van der Waals surface area (Å²) in [4.78, 5) is 34.5. The molecule has 0 spiro atoms. The molecule has 174 valence electrons. The number of aromatic nitrogens is 2. The molecule has 1 aliphatic rings. The number of amides is 1. The number of H-pyrrole nitrogens is 1. The average Bonchev–Trinajstić information content (AvgIpc) is 3.22. The number of halogens is 3. The summed E-state index contributed by atoms with van der Waals surface area (Å²) in [6.07, 6.45) is -5.82. The highest BCUT2D eigenvalue weighted by atomic mass is 19.4. The molecule has 0 radical (unpaired) electrons. The maximum absolute atomic E-state index is 12.9. The summed E-state index contributed by atoms with van der Waals surface area (Å²) in [6.45, 7) is 0.644. The Hall–Kier alpha value is -3.40. The van der Waals surface area contributed by atoms with Gasteiger partial charge in [-0.3, -0.25) is 9.69 Å². The van der Waals surface area contributed by atoms with Crippen LogP contribution in [0.3, 0.4) is 0 Å². The lowest BCUT2D eigenvalue weighted by molar-refractivity contribution is -0.205. The van der Waals surface area contributed by atoms with Crippen LogP contribution in [0.1, 0.15) is 36.4 Å². The zero-order chi connectivity index (χ0) is 23.6. The first-order valence-electron chi connectivity index (χ1n) is 10.5. The van der Waals surface area contributed by atoms with E-state index in [0.29, 0.717) is 19.4 Å². The Morgan fingerprint density at radius 3 is 2.55 bits per heavy atom. The molecule has 1 amide bonds. The molecular weight excluding hydrogens is 437 g/mol. The largest absolute Gasteiger partial charge is 0.490 e. The van der Waals surface area contributed by atoms with Crippen molar-refractivity contribution < 1.29 is 27.5 Å². The van der Waals surface area contributed by atoms with Crippen molar-refractivity contribution in [2.24, 2.45) is 0 Å². The predicted octanol–water partition coefficient (Wildman–Crippen LogP) is 3.66. The van der Waals surface area contributed by atoms with Crippen LogP contribution in [0.4, 0.5) is 13.2 Å². The van der Waals surface area contributed by atoms with E-state index in [4.69, 9.17) is 0 Å². The molecular formula is C23H23F3N4O3. The second kappa shape index (κ2) is 9.22. The number of ether oxygens (including phenoxy) is 1. The molecule has 3 aromatic rings. The monoisotopic (exact) mass is 460 g/mol. The van der Waals surface area contributed by atoms with Gasteiger partial charge in [0.2, 0.25) is 6.10 Å². The van der Waals surface area contributed by atoms with Crippen molar-refractivity contribution >= 4 is 22.9 Å². The van der Waals surface area contributed by atoms with Crippen molar-refractivity contribution in [2.45, 2.75) is 37.2 Å². The number of likely N-dealkylation sites (tertiary alicyclic amines) is 1. The molecule has 0 bridgehead atoms. The molecule has 7 nitrogen and oxygen atoms in total. The quantitative estimate of drug-likeness (QED) is 0.568. The molecule has 2 N–H and O–H groups in total. The van der Waals surface area contributed by atoms with Crippen molar-refractivity contribution in [2.75, 3.05) is 13.6 Å². The Kier molecular flexibility index (Phi) is 6.37. The lowest BCUT2D eigenvalue weighted by Gasteiger charge is -2.36. The van der Waals surface area contributed by atoms with E-state index >= 15 is 0 Å². The van der Waals surface area contributed by atoms with Crippen molar-refractivity contribution in [1.29, 1.82) is 0 Å². The second-order valence-electron chi connectivity index (χ2n) is 8.06. The summed E-state index contributed by atoms with van der Waals surface area (Å²) in [5, 5.41) is 2.78. The number of carbonyl (C=O) groups is 2. The van der Waals surface area contributed by atoms with E-state index in [0.717, 1.165) is 16.9 Å². The van der Waals surface area contributed by atoms with Gasteiger partial charge < -0.3 is 15.0 Å². The number of piperidine rings is 1. The van der Waals surface area contributed by atoms with Crippen LogP contribution in [0, 0.1) is 0 Å². The third kappa shape index (κ3) is 5.16. The van der Waals surface area contributed by atoms with Gasteiger partial charge in [-0.25, -0.2) is 9.78 Å². The lowest BCUT2D eigenvalue weighted by Crippen LogP contribution is -2.47. The first-order valence-corrected chi connectivity index (χ1v) is 10.5. The van der Waals surface area contributed by atoms with Crippen LogP contribution < -0.4 is 5.32 Å². The first-order chi connectivity index (χ1) is 15.7. The van der Waals surface area contributed by atoms with Gasteiger partial charge in [0.25, 0.3) is 5.91 Å². The molecule has 33 heavy (non-hydrogen) atoms. The smallest absolute Gasteiger partial charge is 0.441 e. The number of carbonyl (C=O) groups excluding carboxylic acids is 2. The fraction of sp³-hybridized carbons (Fsp3) is 0.348. The number of fused-ring (bicyclic) bond motifs is 1. The molecule has 2 aromatic carbocycles. The number of hydrogen-bond acceptors (Lipinski definition) is 5. The number of alkyl halides is 3. The Balaban J connectivity index is 1.50. The fourth-order valence-electron chi connectivity index (χ4n) is 4.02. The molecule has 3 atom stereocenters. The maximum Gasteiger partial charge on any atom is 0.490 e. The van der Waals surface area contributed by atoms with E-state index in [1.54, 1.807) is 18.2 Å². The van der Waals surface area contributed by atoms with Crippen LogP contribution in [0.15, 0.2) is 54.6 Å². The topological polar surface area (TPSA) is 87.3 Å². The average molecular weight is 460 g/mol. The van der Waals surface area contributed by atoms with Crippen LogP contribution in [0.25, 0.3) is 11.0 Å². The van der Waals surface area contributed by atoms with Gasteiger partial charge in [0, 0.05) is 18.2 Å². The Bertz CT molecular complexity index is 1100. The van der Waals surface area contributed by atoms with Crippen molar-refractivity contribution in [1.82, 2.24) is 20.2 Å². The number of benzene rings is 2. The van der Waals surface area contributed by atoms with Crippen LogP contribution in [-0.4, -0.2) is 52.6 Å². The first kappa shape index (κ1) is 22.8. The third-order valence-corrected chi connectivity index (χ3v) is 5.74. The number of rotatable bonds is 5. The van der Waals surface area contributed by atoms with Gasteiger partial charge in [-0.2, -0.15) is 13.2 Å². The summed E-state index contributed by atoms with van der Waals surface area (Å²) < 4.78 is 43.0. The maximum atomic E-state index is 12.9. The zero-order valence-electron chi connectivity index (χ0n) is 17.8. The van der Waals surface area contributed by atoms with Gasteiger partial charge in [0.05, 0.1) is 17.1 Å². The van der Waals surface area contributed by atoms with E-state index < -0.39 is 24.2 Å². The van der Waals surface area contributed by atoms with Gasteiger partial charge in [0.1, 0.15) is 5.82 Å². The highest BCUT2D eigenvalue weighted by molar-refractivity contribution is 5.86. The van der Waals surface area contributed by atoms with Crippen molar-refractivity contribution in [3.8, 4) is 0 Å². The van der Waals surface area contributed by atoms with Crippen LogP contribution >= 0.6 is 0 Å². The van der Waals surface area contributed by atoms with Gasteiger partial charge >= 0.3 is 12.1 Å². The molecule has 2 heterocycles. The SMILES string of the molecule is CN1CC[C@@H](NC(=O)C(OC(=O)C(F)(F)F)c2ccccc2)C[C@@H]1c1nc2ccccc2[nH]1. The molecule has 1 fully saturated rings. The summed E-state index contributed by atoms with van der Waals surface area (Å²) in [5.41, 5.74) is 1.89. The molecule has 1 aliphatic heterocycles. The van der Waals surface area contributed by atoms with E-state index in [1.807, 2.05) is 31.3 Å². The number of hydrogen-bond donors (Lipinski definition) is 2. The van der Waals surface area contributed by atoms with Gasteiger partial charge in [-0.05, 0) is 32.0 Å². The van der Waals surface area contributed by atoms with E-state index in [9.17, 15) is 22.8 Å². The van der Waals surface area contributed by atoms with Crippen molar-refractivity contribution in [3.63, 3.8) is 0 Å². The molecule has 4 rings (SSSR count). The summed E-state index contributed by atoms with van der Waals surface area (Å²) >= 11 is 0.